The van der Waals surface area contributed by atoms with Crippen molar-refractivity contribution in [1.29, 1.82) is 0 Å². The predicted octanol–water partition coefficient (Wildman–Crippen LogP) is 4.34. The van der Waals surface area contributed by atoms with Crippen molar-refractivity contribution in [2.24, 2.45) is 0 Å². The Morgan fingerprint density at radius 2 is 1.45 bits per heavy atom. The smallest absolute Gasteiger partial charge is 0.416 e. The first-order valence-electron chi connectivity index (χ1n) is 7.55. The molecule has 4 nitrogen and oxygen atoms in total. The van der Waals surface area contributed by atoms with E-state index in [4.69, 9.17) is 0 Å². The number of nitrogens with zero attached hydrogens (tertiary/aromatic N) is 2. The lowest BCUT2D eigenvalue weighted by atomic mass is 10.1. The van der Waals surface area contributed by atoms with Gasteiger partial charge in [0.1, 0.15) is 0 Å². The van der Waals surface area contributed by atoms with Crippen LogP contribution in [-0.2, 0) is 6.54 Å². The van der Waals surface area contributed by atoms with Crippen molar-refractivity contribution in [3.8, 4) is 0 Å². The van der Waals surface area contributed by atoms with E-state index in [0.717, 1.165) is 19.6 Å². The summed E-state index contributed by atoms with van der Waals surface area (Å²) < 4.78 is 0. The van der Waals surface area contributed by atoms with Gasteiger partial charge in [-0.05, 0) is 42.9 Å². The third-order valence-electron chi connectivity index (χ3n) is 3.70. The molecule has 2 aromatic rings. The van der Waals surface area contributed by atoms with E-state index >= 15 is 0 Å². The zero-order valence-corrected chi connectivity index (χ0v) is 13.1. The molecule has 0 saturated heterocycles. The van der Waals surface area contributed by atoms with Gasteiger partial charge in [-0.2, -0.15) is 0 Å². The van der Waals surface area contributed by atoms with Gasteiger partial charge in [0.05, 0.1) is 11.4 Å². The van der Waals surface area contributed by atoms with E-state index in [1.807, 2.05) is 42.5 Å². The zero-order chi connectivity index (χ0) is 15.9. The molecule has 0 aliphatic heterocycles. The summed E-state index contributed by atoms with van der Waals surface area (Å²) in [5.74, 6) is 0. The second kappa shape index (κ2) is 7.61. The number of carbonyl (C=O) groups is 1. The van der Waals surface area contributed by atoms with Gasteiger partial charge in [0.25, 0.3) is 0 Å². The standard InChI is InChI=1S/C18H22N2O2/c1-3-19(4-2)14-15-10-12-17(13-11-15)20(18(21)22)16-8-6-5-7-9-16/h5-13H,3-4,14H2,1-2H3,(H,21,22). The van der Waals surface area contributed by atoms with Crippen molar-refractivity contribution >= 4 is 17.5 Å². The second-order valence-electron chi connectivity index (χ2n) is 5.08. The summed E-state index contributed by atoms with van der Waals surface area (Å²) in [6.07, 6.45) is -0.984. The van der Waals surface area contributed by atoms with Crippen LogP contribution in [0.25, 0.3) is 0 Å². The molecule has 116 valence electrons. The quantitative estimate of drug-likeness (QED) is 0.862. The van der Waals surface area contributed by atoms with E-state index in [2.05, 4.69) is 18.7 Å². The molecule has 0 aromatic heterocycles. The summed E-state index contributed by atoms with van der Waals surface area (Å²) in [5.41, 5.74) is 2.49. The Labute approximate surface area is 131 Å². The molecule has 1 amide bonds. The van der Waals surface area contributed by atoms with Gasteiger partial charge < -0.3 is 5.11 Å². The molecule has 2 rings (SSSR count). The molecule has 1 N–H and O–H groups in total. The number of para-hydroxylation sites is 1. The van der Waals surface area contributed by atoms with Crippen molar-refractivity contribution < 1.29 is 9.90 Å². The van der Waals surface area contributed by atoms with Crippen LogP contribution in [0, 0.1) is 0 Å². The lowest BCUT2D eigenvalue weighted by Gasteiger charge is -2.21. The Morgan fingerprint density at radius 3 is 1.95 bits per heavy atom. The highest BCUT2D eigenvalue weighted by Gasteiger charge is 2.16. The molecule has 0 atom stereocenters. The number of carboxylic acid groups (broad SMARTS) is 1. The molecule has 2 aromatic carbocycles. The molecule has 0 radical (unpaired) electrons. The van der Waals surface area contributed by atoms with E-state index in [1.54, 1.807) is 12.1 Å². The Morgan fingerprint density at radius 1 is 0.909 bits per heavy atom. The fourth-order valence-electron chi connectivity index (χ4n) is 2.40. The second-order valence-corrected chi connectivity index (χ2v) is 5.08. The van der Waals surface area contributed by atoms with E-state index in [0.29, 0.717) is 11.4 Å². The lowest BCUT2D eigenvalue weighted by molar-refractivity contribution is 0.205. The van der Waals surface area contributed by atoms with Gasteiger partial charge in [0.2, 0.25) is 0 Å². The lowest BCUT2D eigenvalue weighted by Crippen LogP contribution is -2.24. The van der Waals surface area contributed by atoms with Gasteiger partial charge in [-0.1, -0.05) is 44.2 Å². The summed E-state index contributed by atoms with van der Waals surface area (Å²) >= 11 is 0. The van der Waals surface area contributed by atoms with Crippen LogP contribution in [0.15, 0.2) is 54.6 Å². The normalized spacial score (nSPS) is 10.7. The molecule has 0 aliphatic rings. The number of rotatable bonds is 6. The maximum Gasteiger partial charge on any atom is 0.416 e. The highest BCUT2D eigenvalue weighted by molar-refractivity contribution is 5.94. The largest absolute Gasteiger partial charge is 0.464 e. The van der Waals surface area contributed by atoms with Gasteiger partial charge in [0.15, 0.2) is 0 Å². The van der Waals surface area contributed by atoms with Crippen molar-refractivity contribution in [1.82, 2.24) is 4.90 Å². The maximum absolute atomic E-state index is 11.6. The van der Waals surface area contributed by atoms with Crippen LogP contribution in [0.5, 0.6) is 0 Å². The molecule has 0 aliphatic carbocycles. The average Bonchev–Trinajstić information content (AvgIpc) is 2.55. The molecule has 0 saturated carbocycles. The number of amides is 1. The first kappa shape index (κ1) is 16.0. The minimum absolute atomic E-state index is 0.645. The van der Waals surface area contributed by atoms with Crippen LogP contribution >= 0.6 is 0 Å². The minimum Gasteiger partial charge on any atom is -0.464 e. The van der Waals surface area contributed by atoms with Gasteiger partial charge in [-0.3, -0.25) is 4.90 Å². The Balaban J connectivity index is 2.22. The molecule has 0 unspecified atom stereocenters. The first-order chi connectivity index (χ1) is 10.7. The Kier molecular flexibility index (Phi) is 5.55. The highest BCUT2D eigenvalue weighted by Crippen LogP contribution is 2.25. The SMILES string of the molecule is CCN(CC)Cc1ccc(N(C(=O)O)c2ccccc2)cc1. The van der Waals surface area contributed by atoms with Crippen molar-refractivity contribution in [2.45, 2.75) is 20.4 Å². The summed E-state index contributed by atoms with van der Waals surface area (Å²) in [6.45, 7) is 7.16. The third kappa shape index (κ3) is 3.86. The van der Waals surface area contributed by atoms with Crippen LogP contribution < -0.4 is 4.90 Å². The molecule has 0 heterocycles. The van der Waals surface area contributed by atoms with E-state index in [9.17, 15) is 9.90 Å². The Bertz CT molecular complexity index is 592. The Hall–Kier alpha value is -2.33. The maximum atomic E-state index is 11.6. The number of hydrogen-bond donors (Lipinski definition) is 1. The zero-order valence-electron chi connectivity index (χ0n) is 13.1. The topological polar surface area (TPSA) is 43.8 Å². The van der Waals surface area contributed by atoms with Gasteiger partial charge >= 0.3 is 6.09 Å². The van der Waals surface area contributed by atoms with Crippen LogP contribution in [0.2, 0.25) is 0 Å². The summed E-state index contributed by atoms with van der Waals surface area (Å²) in [7, 11) is 0. The molecule has 0 spiro atoms. The van der Waals surface area contributed by atoms with Crippen molar-refractivity contribution in [2.75, 3.05) is 18.0 Å². The molecule has 22 heavy (non-hydrogen) atoms. The van der Waals surface area contributed by atoms with Crippen LogP contribution in [0.4, 0.5) is 16.2 Å². The molecule has 0 fully saturated rings. The predicted molar refractivity (Wildman–Crippen MR) is 89.7 cm³/mol. The number of benzene rings is 2. The van der Waals surface area contributed by atoms with Crippen molar-refractivity contribution in [3.05, 3.63) is 60.2 Å². The summed E-state index contributed by atoms with van der Waals surface area (Å²) in [6, 6.07) is 16.8. The van der Waals surface area contributed by atoms with E-state index in [-0.39, 0.29) is 0 Å². The monoisotopic (exact) mass is 298 g/mol. The third-order valence-corrected chi connectivity index (χ3v) is 3.70. The number of hydrogen-bond acceptors (Lipinski definition) is 2. The number of anilines is 2. The molecular weight excluding hydrogens is 276 g/mol. The average molecular weight is 298 g/mol. The van der Waals surface area contributed by atoms with Gasteiger partial charge in [0, 0.05) is 6.54 Å². The molecular formula is C18H22N2O2. The van der Waals surface area contributed by atoms with Crippen LogP contribution in [0.1, 0.15) is 19.4 Å². The summed E-state index contributed by atoms with van der Waals surface area (Å²) in [4.78, 5) is 15.2. The molecule has 4 heteroatoms. The van der Waals surface area contributed by atoms with Gasteiger partial charge in [-0.15, -0.1) is 0 Å². The van der Waals surface area contributed by atoms with E-state index in [1.165, 1.54) is 10.5 Å². The van der Waals surface area contributed by atoms with Crippen LogP contribution in [0.3, 0.4) is 0 Å². The minimum atomic E-state index is -0.984. The fourth-order valence-corrected chi connectivity index (χ4v) is 2.40. The highest BCUT2D eigenvalue weighted by atomic mass is 16.4. The fraction of sp³-hybridized carbons (Fsp3) is 0.278. The van der Waals surface area contributed by atoms with Crippen molar-refractivity contribution in [3.63, 3.8) is 0 Å². The first-order valence-corrected chi connectivity index (χ1v) is 7.55. The van der Waals surface area contributed by atoms with Crippen LogP contribution in [-0.4, -0.2) is 29.2 Å². The summed E-state index contributed by atoms with van der Waals surface area (Å²) in [5, 5.41) is 9.49. The van der Waals surface area contributed by atoms with Gasteiger partial charge in [-0.25, -0.2) is 9.69 Å². The molecule has 0 bridgehead atoms. The van der Waals surface area contributed by atoms with E-state index < -0.39 is 6.09 Å².